The Balaban J connectivity index is 2.69. The van der Waals surface area contributed by atoms with Crippen molar-refractivity contribution in [2.24, 2.45) is 0 Å². The second-order valence-corrected chi connectivity index (χ2v) is 3.80. The average molecular weight is 281 g/mol. The van der Waals surface area contributed by atoms with E-state index in [1.165, 1.54) is 12.1 Å². The molecule has 0 fully saturated rings. The van der Waals surface area contributed by atoms with E-state index in [1.54, 1.807) is 0 Å². The van der Waals surface area contributed by atoms with E-state index in [-0.39, 0.29) is 5.76 Å². The molecule has 0 radical (unpaired) electrons. The van der Waals surface area contributed by atoms with Gasteiger partial charge in [-0.05, 0) is 28.1 Å². The van der Waals surface area contributed by atoms with Crippen LogP contribution in [0.1, 0.15) is 23.9 Å². The zero-order chi connectivity index (χ0) is 11.6. The van der Waals surface area contributed by atoms with Crippen LogP contribution in [-0.4, -0.2) is 17.5 Å². The monoisotopic (exact) mass is 280 g/mol. The number of furan rings is 1. The fourth-order valence-electron chi connectivity index (χ4n) is 0.852. The maximum atomic E-state index is 12.5. The summed E-state index contributed by atoms with van der Waals surface area (Å²) in [5.41, 5.74) is 0. The normalized spacial score (nSPS) is 11.5. The van der Waals surface area contributed by atoms with Crippen molar-refractivity contribution >= 4 is 27.5 Å². The van der Waals surface area contributed by atoms with Crippen LogP contribution in [0.3, 0.4) is 0 Å². The summed E-state index contributed by atoms with van der Waals surface area (Å²) in [4.78, 5) is 22.1. The molecule has 15 heavy (non-hydrogen) atoms. The lowest BCUT2D eigenvalue weighted by Crippen LogP contribution is -2.26. The van der Waals surface area contributed by atoms with E-state index < -0.39 is 23.9 Å². The van der Waals surface area contributed by atoms with Crippen LogP contribution in [0, 0.1) is 0 Å². The number of carbonyl (C=O) groups is 2. The van der Waals surface area contributed by atoms with E-state index >= 15 is 0 Å². The summed E-state index contributed by atoms with van der Waals surface area (Å²) in [6.07, 6.45) is -0.858. The van der Waals surface area contributed by atoms with Crippen LogP contribution in [0.25, 0.3) is 0 Å². The minimum atomic E-state index is -3.49. The van der Waals surface area contributed by atoms with Gasteiger partial charge in [0.05, 0.1) is 6.42 Å². The predicted molar refractivity (Wildman–Crippen MR) is 51.0 cm³/mol. The van der Waals surface area contributed by atoms with E-state index in [9.17, 15) is 18.4 Å². The van der Waals surface area contributed by atoms with Gasteiger partial charge in [-0.1, -0.05) is 0 Å². The third-order valence-corrected chi connectivity index (χ3v) is 2.08. The molecular weight excluding hydrogens is 274 g/mol. The first-order valence-electron chi connectivity index (χ1n) is 4.00. The maximum Gasteiger partial charge on any atom is 0.303 e. The number of ketones is 2. The van der Waals surface area contributed by atoms with Gasteiger partial charge in [-0.3, -0.25) is 9.59 Å². The van der Waals surface area contributed by atoms with E-state index in [4.69, 9.17) is 4.42 Å². The first-order valence-corrected chi connectivity index (χ1v) is 4.79. The predicted octanol–water partition coefficient (Wildman–Crippen LogP) is 2.84. The molecule has 0 amide bonds. The molecule has 0 saturated heterocycles. The highest BCUT2D eigenvalue weighted by Crippen LogP contribution is 2.19. The average Bonchev–Trinajstić information content (AvgIpc) is 2.50. The van der Waals surface area contributed by atoms with Gasteiger partial charge in [-0.25, -0.2) is 0 Å². The molecule has 6 heteroatoms. The zero-order valence-corrected chi connectivity index (χ0v) is 9.31. The zero-order valence-electron chi connectivity index (χ0n) is 7.72. The molecule has 0 unspecified atom stereocenters. The summed E-state index contributed by atoms with van der Waals surface area (Å²) >= 11 is 2.95. The van der Waals surface area contributed by atoms with Crippen molar-refractivity contribution in [3.63, 3.8) is 0 Å². The molecule has 1 heterocycles. The van der Waals surface area contributed by atoms with Crippen molar-refractivity contribution in [3.05, 3.63) is 22.6 Å². The van der Waals surface area contributed by atoms with Crippen LogP contribution in [0.15, 0.2) is 21.2 Å². The summed E-state index contributed by atoms with van der Waals surface area (Å²) in [5.74, 6) is -5.77. The van der Waals surface area contributed by atoms with Gasteiger partial charge in [0.15, 0.2) is 10.4 Å². The Labute approximate surface area is 92.6 Å². The number of alkyl halides is 2. The molecular formula is C9H7BrF2O3. The van der Waals surface area contributed by atoms with Crippen LogP contribution in [0.2, 0.25) is 0 Å². The molecule has 0 aliphatic rings. The second-order valence-electron chi connectivity index (χ2n) is 3.02. The topological polar surface area (TPSA) is 47.3 Å². The third kappa shape index (κ3) is 3.23. The first-order chi connectivity index (χ1) is 6.80. The third-order valence-electron chi connectivity index (χ3n) is 1.66. The standard InChI is InChI=1S/C9H7BrF2O3/c1-9(11,12)7(14)4-5(13)6-2-3-8(10)15-6/h2-3H,4H2,1H3. The Hall–Kier alpha value is -1.04. The SMILES string of the molecule is CC(F)(F)C(=O)CC(=O)c1ccc(Br)o1. The lowest BCUT2D eigenvalue weighted by Gasteiger charge is -2.06. The lowest BCUT2D eigenvalue weighted by atomic mass is 10.1. The number of carbonyl (C=O) groups excluding carboxylic acids is 2. The van der Waals surface area contributed by atoms with Gasteiger partial charge in [0.1, 0.15) is 0 Å². The maximum absolute atomic E-state index is 12.5. The quantitative estimate of drug-likeness (QED) is 0.629. The molecule has 0 atom stereocenters. The van der Waals surface area contributed by atoms with Crippen molar-refractivity contribution in [3.8, 4) is 0 Å². The Morgan fingerprint density at radius 3 is 2.47 bits per heavy atom. The second kappa shape index (κ2) is 4.22. The van der Waals surface area contributed by atoms with Gasteiger partial charge in [-0.15, -0.1) is 0 Å². The summed E-state index contributed by atoms with van der Waals surface area (Å²) in [5, 5.41) is 0. The largest absolute Gasteiger partial charge is 0.446 e. The molecule has 1 aromatic heterocycles. The van der Waals surface area contributed by atoms with Crippen molar-refractivity contribution in [2.75, 3.05) is 0 Å². The fraction of sp³-hybridized carbons (Fsp3) is 0.333. The molecule has 1 rings (SSSR count). The summed E-state index contributed by atoms with van der Waals surface area (Å²) in [7, 11) is 0. The molecule has 0 spiro atoms. The van der Waals surface area contributed by atoms with E-state index in [2.05, 4.69) is 15.9 Å². The first kappa shape index (κ1) is 12.0. The van der Waals surface area contributed by atoms with E-state index in [0.29, 0.717) is 11.6 Å². The van der Waals surface area contributed by atoms with Gasteiger partial charge in [0.2, 0.25) is 11.6 Å². The number of halogens is 3. The highest BCUT2D eigenvalue weighted by Gasteiger charge is 2.34. The molecule has 1 aromatic rings. The molecule has 0 aromatic carbocycles. The van der Waals surface area contributed by atoms with Crippen LogP contribution in [-0.2, 0) is 4.79 Å². The van der Waals surface area contributed by atoms with Crippen molar-refractivity contribution < 1.29 is 22.8 Å². The fourth-order valence-corrected chi connectivity index (χ4v) is 1.16. The smallest absolute Gasteiger partial charge is 0.303 e. The number of rotatable bonds is 4. The van der Waals surface area contributed by atoms with E-state index in [1.807, 2.05) is 0 Å². The van der Waals surface area contributed by atoms with Crippen molar-refractivity contribution in [2.45, 2.75) is 19.3 Å². The highest BCUT2D eigenvalue weighted by atomic mass is 79.9. The number of hydrogen-bond donors (Lipinski definition) is 0. The van der Waals surface area contributed by atoms with Crippen molar-refractivity contribution in [1.82, 2.24) is 0 Å². The van der Waals surface area contributed by atoms with Gasteiger partial charge >= 0.3 is 5.92 Å². The van der Waals surface area contributed by atoms with Crippen molar-refractivity contribution in [1.29, 1.82) is 0 Å². The molecule has 0 bridgehead atoms. The Morgan fingerprint density at radius 2 is 2.07 bits per heavy atom. The highest BCUT2D eigenvalue weighted by molar-refractivity contribution is 9.10. The molecule has 0 N–H and O–H groups in total. The number of hydrogen-bond acceptors (Lipinski definition) is 3. The molecule has 0 saturated carbocycles. The lowest BCUT2D eigenvalue weighted by molar-refractivity contribution is -0.139. The van der Waals surface area contributed by atoms with E-state index in [0.717, 1.165) is 0 Å². The van der Waals surface area contributed by atoms with Crippen LogP contribution < -0.4 is 0 Å². The Bertz CT molecular complexity index is 392. The van der Waals surface area contributed by atoms with Crippen LogP contribution in [0.4, 0.5) is 8.78 Å². The molecule has 82 valence electrons. The van der Waals surface area contributed by atoms with Crippen LogP contribution >= 0.6 is 15.9 Å². The molecule has 3 nitrogen and oxygen atoms in total. The molecule has 0 aliphatic heterocycles. The minimum Gasteiger partial charge on any atom is -0.446 e. The summed E-state index contributed by atoms with van der Waals surface area (Å²) < 4.78 is 30.0. The Kier molecular flexibility index (Phi) is 3.38. The van der Waals surface area contributed by atoms with Crippen LogP contribution in [0.5, 0.6) is 0 Å². The Morgan fingerprint density at radius 1 is 1.47 bits per heavy atom. The summed E-state index contributed by atoms with van der Waals surface area (Å²) in [6, 6.07) is 2.76. The van der Waals surface area contributed by atoms with Gasteiger partial charge in [0, 0.05) is 6.92 Å². The minimum absolute atomic E-state index is 0.112. The van der Waals surface area contributed by atoms with Gasteiger partial charge < -0.3 is 4.42 Å². The summed E-state index contributed by atoms with van der Waals surface area (Å²) in [6.45, 7) is 0.459. The number of Topliss-reactive ketones (excluding diaryl/α,β-unsaturated/α-hetero) is 2. The molecule has 0 aliphatic carbocycles. The van der Waals surface area contributed by atoms with Gasteiger partial charge in [-0.2, -0.15) is 8.78 Å². The van der Waals surface area contributed by atoms with Gasteiger partial charge in [0.25, 0.3) is 0 Å².